The van der Waals surface area contributed by atoms with E-state index in [0.29, 0.717) is 12.3 Å². The number of ether oxygens (including phenoxy) is 1. The molecule has 1 fully saturated rings. The van der Waals surface area contributed by atoms with Crippen LogP contribution in [0.25, 0.3) is 0 Å². The van der Waals surface area contributed by atoms with Crippen molar-refractivity contribution in [3.63, 3.8) is 0 Å². The Morgan fingerprint density at radius 2 is 1.83 bits per heavy atom. The number of methoxy groups -OCH3 is 1. The second-order valence-electron chi connectivity index (χ2n) is 6.21. The molecule has 1 aromatic carbocycles. The van der Waals surface area contributed by atoms with Gasteiger partial charge in [0, 0.05) is 12.1 Å². The first-order chi connectivity index (χ1) is 11.1. The minimum atomic E-state index is -0.874. The summed E-state index contributed by atoms with van der Waals surface area (Å²) in [4.78, 5) is 24.2. The van der Waals surface area contributed by atoms with E-state index < -0.39 is 17.8 Å². The molecular formula is C18H21NO4. The van der Waals surface area contributed by atoms with Crippen LogP contribution >= 0.6 is 0 Å². The molecule has 0 spiro atoms. The van der Waals surface area contributed by atoms with E-state index in [2.05, 4.69) is 5.32 Å². The summed E-state index contributed by atoms with van der Waals surface area (Å²) in [7, 11) is 1.59. The molecule has 1 amide bonds. The van der Waals surface area contributed by atoms with Gasteiger partial charge in [0.2, 0.25) is 5.91 Å². The number of benzene rings is 1. The minimum absolute atomic E-state index is 0.0266. The van der Waals surface area contributed by atoms with Crippen LogP contribution < -0.4 is 10.1 Å². The molecule has 0 radical (unpaired) electrons. The number of fused-ring (bicyclic) bond motifs is 2. The van der Waals surface area contributed by atoms with Crippen molar-refractivity contribution < 1.29 is 19.4 Å². The van der Waals surface area contributed by atoms with E-state index in [1.54, 1.807) is 7.11 Å². The highest BCUT2D eigenvalue weighted by Crippen LogP contribution is 2.45. The largest absolute Gasteiger partial charge is 0.496 e. The van der Waals surface area contributed by atoms with Crippen LogP contribution in [0.5, 0.6) is 5.75 Å². The molecule has 122 valence electrons. The van der Waals surface area contributed by atoms with Crippen LogP contribution in [-0.4, -0.2) is 24.1 Å². The van der Waals surface area contributed by atoms with Crippen molar-refractivity contribution in [3.05, 3.63) is 42.0 Å². The van der Waals surface area contributed by atoms with E-state index in [9.17, 15) is 14.7 Å². The van der Waals surface area contributed by atoms with Crippen molar-refractivity contribution in [1.82, 2.24) is 5.32 Å². The van der Waals surface area contributed by atoms with Crippen LogP contribution in [0.3, 0.4) is 0 Å². The SMILES string of the molecule is COc1ccccc1CNC(=O)[C@@H]1[C@H](C(=O)O)[C@H]2C=C[C@H]1CC2. The molecule has 0 unspecified atom stereocenters. The molecule has 3 aliphatic carbocycles. The number of rotatable bonds is 5. The van der Waals surface area contributed by atoms with Gasteiger partial charge < -0.3 is 15.2 Å². The van der Waals surface area contributed by atoms with Crippen molar-refractivity contribution in [2.75, 3.05) is 7.11 Å². The third-order valence-electron chi connectivity index (χ3n) is 4.98. The number of carbonyl (C=O) groups excluding carboxylic acids is 1. The smallest absolute Gasteiger partial charge is 0.307 e. The maximum absolute atomic E-state index is 12.6. The molecule has 2 N–H and O–H groups in total. The number of carboxylic acids is 1. The third kappa shape index (κ3) is 2.96. The molecule has 0 aliphatic heterocycles. The molecule has 1 aromatic rings. The van der Waals surface area contributed by atoms with E-state index in [1.807, 2.05) is 36.4 Å². The lowest BCUT2D eigenvalue weighted by Gasteiger charge is -2.41. The Morgan fingerprint density at radius 1 is 1.17 bits per heavy atom. The fraction of sp³-hybridized carbons (Fsp3) is 0.444. The van der Waals surface area contributed by atoms with Gasteiger partial charge in [-0.25, -0.2) is 0 Å². The molecule has 5 heteroatoms. The van der Waals surface area contributed by atoms with Crippen molar-refractivity contribution in [1.29, 1.82) is 0 Å². The molecule has 5 nitrogen and oxygen atoms in total. The topological polar surface area (TPSA) is 75.6 Å². The van der Waals surface area contributed by atoms with Gasteiger partial charge in [-0.2, -0.15) is 0 Å². The predicted molar refractivity (Wildman–Crippen MR) is 84.8 cm³/mol. The van der Waals surface area contributed by atoms with Crippen LogP contribution in [0.15, 0.2) is 36.4 Å². The van der Waals surface area contributed by atoms with Crippen LogP contribution in [0.1, 0.15) is 18.4 Å². The molecular weight excluding hydrogens is 294 g/mol. The zero-order valence-electron chi connectivity index (χ0n) is 13.1. The van der Waals surface area contributed by atoms with Crippen LogP contribution in [0, 0.1) is 23.7 Å². The Hall–Kier alpha value is -2.30. The summed E-state index contributed by atoms with van der Waals surface area (Å²) >= 11 is 0. The highest BCUT2D eigenvalue weighted by atomic mass is 16.5. The lowest BCUT2D eigenvalue weighted by atomic mass is 9.62. The average molecular weight is 315 g/mol. The molecule has 3 aliphatic rings. The van der Waals surface area contributed by atoms with Crippen LogP contribution in [0.4, 0.5) is 0 Å². The second-order valence-corrected chi connectivity index (χ2v) is 6.21. The molecule has 0 aromatic heterocycles. The molecule has 4 atom stereocenters. The number of hydrogen-bond acceptors (Lipinski definition) is 3. The number of hydrogen-bond donors (Lipinski definition) is 2. The Bertz CT molecular complexity index is 640. The van der Waals surface area contributed by atoms with E-state index in [-0.39, 0.29) is 17.7 Å². The number of nitrogens with one attached hydrogen (secondary N) is 1. The van der Waals surface area contributed by atoms with Gasteiger partial charge >= 0.3 is 5.97 Å². The van der Waals surface area contributed by atoms with Gasteiger partial charge in [-0.05, 0) is 30.7 Å². The van der Waals surface area contributed by atoms with Gasteiger partial charge in [0.15, 0.2) is 0 Å². The standard InChI is InChI=1S/C18H21NO4/c1-23-14-5-3-2-4-13(14)10-19-17(20)15-11-6-8-12(9-7-11)16(15)18(21)22/h2-6,8,11-12,15-16H,7,9-10H2,1H3,(H,19,20)(H,21,22)/t11-,12-,15-,16+/m0/s1. The van der Waals surface area contributed by atoms with E-state index >= 15 is 0 Å². The zero-order chi connectivity index (χ0) is 16.4. The van der Waals surface area contributed by atoms with Gasteiger partial charge in [-0.1, -0.05) is 30.4 Å². The number of carboxylic acid groups (broad SMARTS) is 1. The van der Waals surface area contributed by atoms with E-state index in [4.69, 9.17) is 4.74 Å². The predicted octanol–water partition coefficient (Wildman–Crippen LogP) is 2.22. The van der Waals surface area contributed by atoms with Crippen LogP contribution in [-0.2, 0) is 16.1 Å². The van der Waals surface area contributed by atoms with Gasteiger partial charge in [-0.15, -0.1) is 0 Å². The highest BCUT2D eigenvalue weighted by Gasteiger charge is 2.48. The first-order valence-corrected chi connectivity index (χ1v) is 7.92. The molecule has 0 saturated heterocycles. The number of allylic oxidation sites excluding steroid dienone is 2. The Kier molecular flexibility index (Phi) is 4.37. The quantitative estimate of drug-likeness (QED) is 0.817. The Morgan fingerprint density at radius 3 is 2.43 bits per heavy atom. The van der Waals surface area contributed by atoms with Crippen LogP contribution in [0.2, 0.25) is 0 Å². The lowest BCUT2D eigenvalue weighted by molar-refractivity contribution is -0.153. The zero-order valence-corrected chi connectivity index (χ0v) is 13.1. The van der Waals surface area contributed by atoms with Crippen molar-refractivity contribution in [2.45, 2.75) is 19.4 Å². The first-order valence-electron chi connectivity index (χ1n) is 7.92. The summed E-state index contributed by atoms with van der Waals surface area (Å²) < 4.78 is 5.28. The number of carbonyl (C=O) groups is 2. The second kappa shape index (κ2) is 6.44. The van der Waals surface area contributed by atoms with Gasteiger partial charge in [0.05, 0.1) is 18.9 Å². The first kappa shape index (κ1) is 15.6. The van der Waals surface area contributed by atoms with Crippen molar-refractivity contribution >= 4 is 11.9 Å². The maximum atomic E-state index is 12.6. The lowest BCUT2D eigenvalue weighted by Crippen LogP contribution is -2.48. The van der Waals surface area contributed by atoms with E-state index in [1.165, 1.54) is 0 Å². The monoisotopic (exact) mass is 315 g/mol. The van der Waals surface area contributed by atoms with Gasteiger partial charge in [0.25, 0.3) is 0 Å². The summed E-state index contributed by atoms with van der Waals surface area (Å²) in [6.07, 6.45) is 5.73. The summed E-state index contributed by atoms with van der Waals surface area (Å²) in [5.74, 6) is -1.43. The minimum Gasteiger partial charge on any atom is -0.496 e. The fourth-order valence-electron chi connectivity index (χ4n) is 3.84. The Balaban J connectivity index is 1.72. The number of para-hydroxylation sites is 1. The average Bonchev–Trinajstić information content (AvgIpc) is 2.59. The summed E-state index contributed by atoms with van der Waals surface area (Å²) in [5, 5.41) is 12.4. The third-order valence-corrected chi connectivity index (χ3v) is 4.98. The number of aliphatic carboxylic acids is 1. The highest BCUT2D eigenvalue weighted by molar-refractivity contribution is 5.86. The molecule has 2 bridgehead atoms. The van der Waals surface area contributed by atoms with Gasteiger partial charge in [0.1, 0.15) is 5.75 Å². The normalized spacial score (nSPS) is 28.4. The molecule has 23 heavy (non-hydrogen) atoms. The Labute approximate surface area is 135 Å². The summed E-state index contributed by atoms with van der Waals surface area (Å²) in [6.45, 7) is 0.340. The van der Waals surface area contributed by atoms with Crippen molar-refractivity contribution in [2.24, 2.45) is 23.7 Å². The van der Waals surface area contributed by atoms with Gasteiger partial charge in [-0.3, -0.25) is 9.59 Å². The summed E-state index contributed by atoms with van der Waals surface area (Å²) in [5.41, 5.74) is 0.881. The summed E-state index contributed by atoms with van der Waals surface area (Å²) in [6, 6.07) is 7.48. The van der Waals surface area contributed by atoms with Crippen molar-refractivity contribution in [3.8, 4) is 5.75 Å². The fourth-order valence-corrected chi connectivity index (χ4v) is 3.84. The molecule has 0 heterocycles. The molecule has 1 saturated carbocycles. The van der Waals surface area contributed by atoms with E-state index in [0.717, 1.165) is 18.4 Å². The number of amides is 1. The maximum Gasteiger partial charge on any atom is 0.307 e. The molecule has 4 rings (SSSR count).